The summed E-state index contributed by atoms with van der Waals surface area (Å²) in [5.74, 6) is -1.18. The van der Waals surface area contributed by atoms with Crippen molar-refractivity contribution in [1.29, 1.82) is 0 Å². The van der Waals surface area contributed by atoms with E-state index in [0.717, 1.165) is 12.1 Å². The molecule has 0 fully saturated rings. The first-order chi connectivity index (χ1) is 6.18. The van der Waals surface area contributed by atoms with Crippen LogP contribution in [0.2, 0.25) is 0 Å². The summed E-state index contributed by atoms with van der Waals surface area (Å²) in [6, 6.07) is 2.13. The smallest absolute Gasteiger partial charge is 0.170 e. The number of phenols is 1. The molecule has 0 atom stereocenters. The van der Waals surface area contributed by atoms with Crippen LogP contribution < -0.4 is 4.74 Å². The van der Waals surface area contributed by atoms with E-state index < -0.39 is 11.6 Å². The standard InChI is InChI=1S/C9H7FO3/c10-6-3-5-7(11)1-2-13-9(5)4-8(6)12/h3-4,12H,1-2H2. The largest absolute Gasteiger partial charge is 0.505 e. The van der Waals surface area contributed by atoms with Crippen LogP contribution in [0.3, 0.4) is 0 Å². The highest BCUT2D eigenvalue weighted by atomic mass is 19.1. The molecule has 0 saturated carbocycles. The zero-order valence-electron chi connectivity index (χ0n) is 6.71. The van der Waals surface area contributed by atoms with E-state index in [2.05, 4.69) is 0 Å². The summed E-state index contributed by atoms with van der Waals surface area (Å²) in [5, 5.41) is 9.00. The van der Waals surface area contributed by atoms with Gasteiger partial charge in [-0.1, -0.05) is 0 Å². The van der Waals surface area contributed by atoms with Crippen LogP contribution in [0, 0.1) is 5.82 Å². The summed E-state index contributed by atoms with van der Waals surface area (Å²) in [5.41, 5.74) is 0.210. The first-order valence-electron chi connectivity index (χ1n) is 3.87. The average molecular weight is 182 g/mol. The van der Waals surface area contributed by atoms with Gasteiger partial charge in [0.05, 0.1) is 12.2 Å². The van der Waals surface area contributed by atoms with Crippen molar-refractivity contribution < 1.29 is 19.0 Å². The molecule has 0 spiro atoms. The minimum absolute atomic E-state index is 0.153. The Balaban J connectivity index is 2.58. The molecule has 13 heavy (non-hydrogen) atoms. The fourth-order valence-electron chi connectivity index (χ4n) is 1.27. The minimum Gasteiger partial charge on any atom is -0.505 e. The molecule has 3 nitrogen and oxygen atoms in total. The molecule has 0 saturated heterocycles. The Bertz CT molecular complexity index is 373. The number of rotatable bonds is 0. The third kappa shape index (κ3) is 1.24. The van der Waals surface area contributed by atoms with E-state index in [0.29, 0.717) is 0 Å². The molecule has 0 aliphatic carbocycles. The van der Waals surface area contributed by atoms with Crippen molar-refractivity contribution in [2.75, 3.05) is 6.61 Å². The third-order valence-corrected chi connectivity index (χ3v) is 1.94. The van der Waals surface area contributed by atoms with Gasteiger partial charge < -0.3 is 9.84 Å². The molecule has 1 heterocycles. The molecule has 0 unspecified atom stereocenters. The number of carbonyl (C=O) groups is 1. The summed E-state index contributed by atoms with van der Waals surface area (Å²) in [6.07, 6.45) is 0.261. The third-order valence-electron chi connectivity index (χ3n) is 1.94. The second-order valence-corrected chi connectivity index (χ2v) is 2.82. The van der Waals surface area contributed by atoms with Crippen molar-refractivity contribution in [1.82, 2.24) is 0 Å². The molecule has 68 valence electrons. The summed E-state index contributed by atoms with van der Waals surface area (Å²) >= 11 is 0. The first kappa shape index (κ1) is 8.04. The van der Waals surface area contributed by atoms with Crippen LogP contribution in [0.4, 0.5) is 4.39 Å². The van der Waals surface area contributed by atoms with Gasteiger partial charge in [0.25, 0.3) is 0 Å². The van der Waals surface area contributed by atoms with Gasteiger partial charge in [0.1, 0.15) is 5.75 Å². The number of hydrogen-bond acceptors (Lipinski definition) is 3. The predicted molar refractivity (Wildman–Crippen MR) is 42.5 cm³/mol. The Hall–Kier alpha value is -1.58. The lowest BCUT2D eigenvalue weighted by molar-refractivity contribution is 0.0932. The molecule has 1 aliphatic heterocycles. The molecule has 0 bridgehead atoms. The van der Waals surface area contributed by atoms with Crippen LogP contribution in [-0.2, 0) is 0 Å². The average Bonchev–Trinajstić information content (AvgIpc) is 2.09. The number of ketones is 1. The quantitative estimate of drug-likeness (QED) is 0.661. The zero-order valence-corrected chi connectivity index (χ0v) is 6.71. The van der Waals surface area contributed by atoms with Gasteiger partial charge in [-0.3, -0.25) is 4.79 Å². The van der Waals surface area contributed by atoms with E-state index in [1.807, 2.05) is 0 Å². The maximum absolute atomic E-state index is 12.8. The second-order valence-electron chi connectivity index (χ2n) is 2.82. The van der Waals surface area contributed by atoms with Crippen LogP contribution >= 0.6 is 0 Å². The molecule has 1 aromatic rings. The van der Waals surface area contributed by atoms with Gasteiger partial charge in [0.15, 0.2) is 17.3 Å². The Kier molecular flexibility index (Phi) is 1.69. The number of Topliss-reactive ketones (excluding diaryl/α,β-unsaturated/α-hetero) is 1. The molecular weight excluding hydrogens is 175 g/mol. The van der Waals surface area contributed by atoms with Gasteiger partial charge in [-0.05, 0) is 6.07 Å². The van der Waals surface area contributed by atoms with Crippen LogP contribution in [0.25, 0.3) is 0 Å². The normalized spacial score (nSPS) is 15.0. The van der Waals surface area contributed by atoms with E-state index in [9.17, 15) is 9.18 Å². The topological polar surface area (TPSA) is 46.5 Å². The van der Waals surface area contributed by atoms with E-state index in [4.69, 9.17) is 9.84 Å². The van der Waals surface area contributed by atoms with Gasteiger partial charge in [-0.2, -0.15) is 0 Å². The van der Waals surface area contributed by atoms with Gasteiger partial charge in [0, 0.05) is 12.5 Å². The van der Waals surface area contributed by atoms with Crippen molar-refractivity contribution in [3.8, 4) is 11.5 Å². The Morgan fingerprint density at radius 2 is 2.23 bits per heavy atom. The minimum atomic E-state index is -0.794. The molecule has 0 aromatic heterocycles. The first-order valence-corrected chi connectivity index (χ1v) is 3.87. The summed E-state index contributed by atoms with van der Waals surface area (Å²) in [4.78, 5) is 11.2. The van der Waals surface area contributed by atoms with E-state index in [-0.39, 0.29) is 30.1 Å². The maximum atomic E-state index is 12.8. The number of benzene rings is 1. The van der Waals surface area contributed by atoms with Gasteiger partial charge >= 0.3 is 0 Å². The highest BCUT2D eigenvalue weighted by Crippen LogP contribution is 2.30. The zero-order chi connectivity index (χ0) is 9.42. The van der Waals surface area contributed by atoms with Crippen molar-refractivity contribution in [2.24, 2.45) is 0 Å². The molecule has 1 aliphatic rings. The number of aromatic hydroxyl groups is 1. The summed E-state index contributed by atoms with van der Waals surface area (Å²) < 4.78 is 17.9. The highest BCUT2D eigenvalue weighted by Gasteiger charge is 2.20. The Morgan fingerprint density at radius 1 is 1.46 bits per heavy atom. The molecule has 2 rings (SSSR count). The van der Waals surface area contributed by atoms with Crippen LogP contribution in [0.15, 0.2) is 12.1 Å². The van der Waals surface area contributed by atoms with Crippen LogP contribution in [-0.4, -0.2) is 17.5 Å². The van der Waals surface area contributed by atoms with E-state index >= 15 is 0 Å². The Morgan fingerprint density at radius 3 is 3.00 bits per heavy atom. The van der Waals surface area contributed by atoms with Gasteiger partial charge in [-0.25, -0.2) is 4.39 Å². The molecule has 4 heteroatoms. The van der Waals surface area contributed by atoms with Gasteiger partial charge in [0.2, 0.25) is 0 Å². The van der Waals surface area contributed by atoms with Crippen molar-refractivity contribution in [3.05, 3.63) is 23.5 Å². The predicted octanol–water partition coefficient (Wildman–Crippen LogP) is 1.50. The number of phenolic OH excluding ortho intramolecular Hbond substituents is 1. The molecule has 0 amide bonds. The Labute approximate surface area is 73.8 Å². The fraction of sp³-hybridized carbons (Fsp3) is 0.222. The van der Waals surface area contributed by atoms with Crippen molar-refractivity contribution >= 4 is 5.78 Å². The molecule has 1 N–H and O–H groups in total. The van der Waals surface area contributed by atoms with E-state index in [1.165, 1.54) is 0 Å². The number of fused-ring (bicyclic) bond motifs is 1. The lowest BCUT2D eigenvalue weighted by atomic mass is 10.0. The number of hydrogen-bond donors (Lipinski definition) is 1. The lowest BCUT2D eigenvalue weighted by Crippen LogP contribution is -2.15. The number of carbonyl (C=O) groups excluding carboxylic acids is 1. The molecule has 0 radical (unpaired) electrons. The van der Waals surface area contributed by atoms with E-state index in [1.54, 1.807) is 0 Å². The lowest BCUT2D eigenvalue weighted by Gasteiger charge is -2.16. The number of ether oxygens (including phenoxy) is 1. The highest BCUT2D eigenvalue weighted by molar-refractivity contribution is 5.99. The molecular formula is C9H7FO3. The number of halogens is 1. The second kappa shape index (κ2) is 2.73. The summed E-state index contributed by atoms with van der Waals surface area (Å²) in [6.45, 7) is 0.289. The van der Waals surface area contributed by atoms with Crippen molar-refractivity contribution in [3.63, 3.8) is 0 Å². The maximum Gasteiger partial charge on any atom is 0.170 e. The SMILES string of the molecule is O=C1CCOc2cc(O)c(F)cc21. The molecule has 1 aromatic carbocycles. The summed E-state index contributed by atoms with van der Waals surface area (Å²) in [7, 11) is 0. The van der Waals surface area contributed by atoms with Gasteiger partial charge in [-0.15, -0.1) is 0 Å². The van der Waals surface area contributed by atoms with Crippen LogP contribution in [0.5, 0.6) is 11.5 Å². The van der Waals surface area contributed by atoms with Crippen molar-refractivity contribution in [2.45, 2.75) is 6.42 Å². The fourth-order valence-corrected chi connectivity index (χ4v) is 1.27. The monoisotopic (exact) mass is 182 g/mol. The van der Waals surface area contributed by atoms with Crippen LogP contribution in [0.1, 0.15) is 16.8 Å².